The van der Waals surface area contributed by atoms with Gasteiger partial charge < -0.3 is 0 Å². The summed E-state index contributed by atoms with van der Waals surface area (Å²) >= 11 is 0. The molecule has 0 aromatic heterocycles. The molecule has 0 bridgehead atoms. The number of benzene rings is 2. The zero-order valence-electron chi connectivity index (χ0n) is 8.80. The molecule has 0 spiro atoms. The molecule has 0 atom stereocenters. The maximum atomic E-state index is 4.01. The Bertz CT molecular complexity index is 467. The van der Waals surface area contributed by atoms with Gasteiger partial charge in [-0.25, -0.2) is 0 Å². The summed E-state index contributed by atoms with van der Waals surface area (Å²) in [6, 6.07) is 10.8. The van der Waals surface area contributed by atoms with Crippen LogP contribution in [0.1, 0.15) is 16.7 Å². The summed E-state index contributed by atoms with van der Waals surface area (Å²) in [5, 5.41) is 2.68. The fourth-order valence-electron chi connectivity index (χ4n) is 2.00. The predicted octanol–water partition coefficient (Wildman–Crippen LogP) is 3.83. The summed E-state index contributed by atoms with van der Waals surface area (Å²) in [5.74, 6) is 0. The summed E-state index contributed by atoms with van der Waals surface area (Å²) in [4.78, 5) is 0. The molecule has 0 aliphatic heterocycles. The zero-order valence-corrected chi connectivity index (χ0v) is 8.80. The second kappa shape index (κ2) is 3.45. The van der Waals surface area contributed by atoms with E-state index in [1.54, 1.807) is 0 Å². The molecular weight excluding hydrogens is 168 g/mol. The van der Waals surface area contributed by atoms with Gasteiger partial charge in [0.2, 0.25) is 0 Å². The fourth-order valence-corrected chi connectivity index (χ4v) is 2.00. The van der Waals surface area contributed by atoms with Crippen molar-refractivity contribution in [2.24, 2.45) is 0 Å². The van der Waals surface area contributed by atoms with E-state index in [1.165, 1.54) is 27.5 Å². The molecular formula is C14H15. The molecule has 2 rings (SSSR count). The summed E-state index contributed by atoms with van der Waals surface area (Å²) in [6.07, 6.45) is 0.869. The first kappa shape index (κ1) is 9.26. The molecule has 14 heavy (non-hydrogen) atoms. The van der Waals surface area contributed by atoms with Crippen molar-refractivity contribution in [2.45, 2.75) is 20.3 Å². The van der Waals surface area contributed by atoms with Gasteiger partial charge in [0, 0.05) is 0 Å². The third-order valence-electron chi connectivity index (χ3n) is 2.95. The molecule has 0 aliphatic carbocycles. The van der Waals surface area contributed by atoms with E-state index in [9.17, 15) is 0 Å². The van der Waals surface area contributed by atoms with Crippen LogP contribution in [0.25, 0.3) is 10.8 Å². The van der Waals surface area contributed by atoms with Crippen LogP contribution in [-0.4, -0.2) is 0 Å². The van der Waals surface area contributed by atoms with Gasteiger partial charge in [-0.05, 0) is 54.7 Å². The van der Waals surface area contributed by atoms with Crippen LogP contribution in [0.15, 0.2) is 30.3 Å². The van der Waals surface area contributed by atoms with E-state index in [4.69, 9.17) is 0 Å². The van der Waals surface area contributed by atoms with Crippen molar-refractivity contribution >= 4 is 10.8 Å². The number of fused-ring (bicyclic) bond motifs is 1. The second-order valence-electron chi connectivity index (χ2n) is 3.77. The molecule has 2 aromatic carbocycles. The van der Waals surface area contributed by atoms with Crippen LogP contribution >= 0.6 is 0 Å². The molecule has 0 N–H and O–H groups in total. The molecule has 0 aliphatic rings. The standard InChI is InChI=1S/C14H15/c1-4-13-11(3)10(2)9-12-7-5-6-8-14(12)13/h5-9H,1,4H2,2-3H3. The third kappa shape index (κ3) is 1.31. The van der Waals surface area contributed by atoms with Gasteiger partial charge >= 0.3 is 0 Å². The maximum Gasteiger partial charge on any atom is -0.0149 e. The van der Waals surface area contributed by atoms with E-state index < -0.39 is 0 Å². The third-order valence-corrected chi connectivity index (χ3v) is 2.95. The topological polar surface area (TPSA) is 0 Å². The highest BCUT2D eigenvalue weighted by molar-refractivity contribution is 5.87. The molecule has 0 saturated carbocycles. The van der Waals surface area contributed by atoms with Crippen molar-refractivity contribution in [1.29, 1.82) is 0 Å². The number of hydrogen-bond acceptors (Lipinski definition) is 0. The van der Waals surface area contributed by atoms with Crippen LogP contribution < -0.4 is 0 Å². The van der Waals surface area contributed by atoms with Crippen LogP contribution in [0, 0.1) is 20.8 Å². The smallest absolute Gasteiger partial charge is 0.0149 e. The van der Waals surface area contributed by atoms with Crippen molar-refractivity contribution in [3.63, 3.8) is 0 Å². The van der Waals surface area contributed by atoms with Gasteiger partial charge in [0.1, 0.15) is 0 Å². The summed E-state index contributed by atoms with van der Waals surface area (Å²) in [7, 11) is 0. The first-order valence-electron chi connectivity index (χ1n) is 5.01. The van der Waals surface area contributed by atoms with Crippen molar-refractivity contribution in [1.82, 2.24) is 0 Å². The molecule has 2 aromatic rings. The highest BCUT2D eigenvalue weighted by atomic mass is 14.1. The van der Waals surface area contributed by atoms with E-state index in [0.717, 1.165) is 6.42 Å². The minimum atomic E-state index is 0.869. The predicted molar refractivity (Wildman–Crippen MR) is 62.5 cm³/mol. The van der Waals surface area contributed by atoms with Gasteiger partial charge in [0.15, 0.2) is 0 Å². The van der Waals surface area contributed by atoms with Crippen LogP contribution in [0.5, 0.6) is 0 Å². The van der Waals surface area contributed by atoms with Gasteiger partial charge in [0.05, 0.1) is 0 Å². The molecule has 0 amide bonds. The fraction of sp³-hybridized carbons (Fsp3) is 0.214. The minimum Gasteiger partial charge on any atom is -0.0616 e. The molecule has 0 saturated heterocycles. The van der Waals surface area contributed by atoms with Gasteiger partial charge in [-0.3, -0.25) is 0 Å². The Kier molecular flexibility index (Phi) is 2.28. The van der Waals surface area contributed by atoms with E-state index in [-0.39, 0.29) is 0 Å². The lowest BCUT2D eigenvalue weighted by molar-refractivity contribution is 1.21. The Labute approximate surface area is 85.6 Å². The Morgan fingerprint density at radius 3 is 2.57 bits per heavy atom. The highest BCUT2D eigenvalue weighted by Gasteiger charge is 2.04. The van der Waals surface area contributed by atoms with Gasteiger partial charge in [0.25, 0.3) is 0 Å². The quantitative estimate of drug-likeness (QED) is 0.630. The van der Waals surface area contributed by atoms with E-state index in [1.807, 2.05) is 0 Å². The average molecular weight is 183 g/mol. The largest absolute Gasteiger partial charge is 0.0616 e. The first-order chi connectivity index (χ1) is 6.74. The van der Waals surface area contributed by atoms with E-state index in [2.05, 4.69) is 51.1 Å². The Morgan fingerprint density at radius 2 is 1.86 bits per heavy atom. The summed E-state index contributed by atoms with van der Waals surface area (Å²) < 4.78 is 0. The molecule has 71 valence electrons. The van der Waals surface area contributed by atoms with Crippen molar-refractivity contribution in [3.8, 4) is 0 Å². The Morgan fingerprint density at radius 1 is 1.14 bits per heavy atom. The lowest BCUT2D eigenvalue weighted by atomic mass is 9.94. The van der Waals surface area contributed by atoms with Crippen molar-refractivity contribution < 1.29 is 0 Å². The van der Waals surface area contributed by atoms with Gasteiger partial charge in [-0.15, -0.1) is 0 Å². The number of aryl methyl sites for hydroxylation is 1. The molecule has 0 heteroatoms. The Balaban J connectivity index is 2.89. The van der Waals surface area contributed by atoms with Gasteiger partial charge in [-0.2, -0.15) is 0 Å². The van der Waals surface area contributed by atoms with E-state index >= 15 is 0 Å². The molecule has 0 unspecified atom stereocenters. The Hall–Kier alpha value is -1.30. The second-order valence-corrected chi connectivity index (χ2v) is 3.77. The van der Waals surface area contributed by atoms with Crippen LogP contribution in [0.2, 0.25) is 0 Å². The van der Waals surface area contributed by atoms with Gasteiger partial charge in [-0.1, -0.05) is 30.3 Å². The molecule has 0 nitrogen and oxygen atoms in total. The SMILES string of the molecule is [CH2]Cc1c(C)c(C)cc2ccccc12. The first-order valence-corrected chi connectivity index (χ1v) is 5.01. The number of rotatable bonds is 1. The lowest BCUT2D eigenvalue weighted by Crippen LogP contribution is -1.92. The van der Waals surface area contributed by atoms with Crippen LogP contribution in [0.4, 0.5) is 0 Å². The van der Waals surface area contributed by atoms with Crippen molar-refractivity contribution in [3.05, 3.63) is 53.9 Å². The van der Waals surface area contributed by atoms with Crippen molar-refractivity contribution in [2.75, 3.05) is 0 Å². The highest BCUT2D eigenvalue weighted by Crippen LogP contribution is 2.25. The molecule has 1 radical (unpaired) electrons. The lowest BCUT2D eigenvalue weighted by Gasteiger charge is -2.11. The van der Waals surface area contributed by atoms with Crippen LogP contribution in [-0.2, 0) is 6.42 Å². The summed E-state index contributed by atoms with van der Waals surface area (Å²) in [6.45, 7) is 8.36. The maximum absolute atomic E-state index is 4.01. The normalized spacial score (nSPS) is 10.8. The zero-order chi connectivity index (χ0) is 10.1. The molecule has 0 fully saturated rings. The number of hydrogen-bond donors (Lipinski definition) is 0. The monoisotopic (exact) mass is 183 g/mol. The summed E-state index contributed by atoms with van der Waals surface area (Å²) in [5.41, 5.74) is 4.14. The molecule has 0 heterocycles. The minimum absolute atomic E-state index is 0.869. The van der Waals surface area contributed by atoms with E-state index in [0.29, 0.717) is 0 Å². The van der Waals surface area contributed by atoms with Crippen LogP contribution in [0.3, 0.4) is 0 Å². The average Bonchev–Trinajstić information content (AvgIpc) is 2.20.